The van der Waals surface area contributed by atoms with E-state index in [0.717, 1.165) is 62.2 Å². The van der Waals surface area contributed by atoms with Gasteiger partial charge in [0, 0.05) is 18.0 Å². The Morgan fingerprint density at radius 2 is 2.07 bits per heavy atom. The minimum absolute atomic E-state index is 0.00337. The van der Waals surface area contributed by atoms with E-state index >= 15 is 0 Å². The zero-order valence-electron chi connectivity index (χ0n) is 16.2. The van der Waals surface area contributed by atoms with Crippen LogP contribution in [-0.4, -0.2) is 69.3 Å². The first-order valence-corrected chi connectivity index (χ1v) is 12.8. The van der Waals surface area contributed by atoms with Crippen LogP contribution in [0.5, 0.6) is 0 Å². The minimum Gasteiger partial charge on any atom is -0.370 e. The molecule has 0 aromatic carbocycles. The number of aryl methyl sites for hydroxylation is 2. The van der Waals surface area contributed by atoms with E-state index in [4.69, 9.17) is 14.7 Å². The number of nitrogens with zero attached hydrogens (tertiary/aromatic N) is 3. The van der Waals surface area contributed by atoms with Crippen molar-refractivity contribution >= 4 is 37.2 Å². The summed E-state index contributed by atoms with van der Waals surface area (Å²) < 4.78 is 29.5. The molecule has 2 aromatic rings. The maximum Gasteiger partial charge on any atom is 0.187 e. The zero-order chi connectivity index (χ0) is 19.3. The number of anilines is 1. The van der Waals surface area contributed by atoms with E-state index in [2.05, 4.69) is 4.90 Å². The van der Waals surface area contributed by atoms with Crippen molar-refractivity contribution in [2.45, 2.75) is 38.3 Å². The summed E-state index contributed by atoms with van der Waals surface area (Å²) in [6.45, 7) is 4.34. The lowest BCUT2D eigenvalue weighted by molar-refractivity contribution is -0.922. The number of aromatic nitrogens is 2. The molecule has 0 amide bonds. The molecule has 7 nitrogen and oxygen atoms in total. The lowest BCUT2D eigenvalue weighted by Gasteiger charge is -2.27. The van der Waals surface area contributed by atoms with Gasteiger partial charge in [0.2, 0.25) is 0 Å². The highest BCUT2D eigenvalue weighted by Crippen LogP contribution is 2.41. The summed E-state index contributed by atoms with van der Waals surface area (Å²) in [5.74, 6) is 2.31. The molecule has 152 valence electrons. The smallest absolute Gasteiger partial charge is 0.187 e. The quantitative estimate of drug-likeness (QED) is 0.758. The fourth-order valence-corrected chi connectivity index (χ4v) is 7.72. The van der Waals surface area contributed by atoms with Crippen LogP contribution in [0, 0.1) is 0 Å². The fraction of sp³-hybridized carbons (Fsp3) is 0.684. The Labute approximate surface area is 169 Å². The van der Waals surface area contributed by atoms with Crippen LogP contribution in [0.4, 0.5) is 5.82 Å². The normalized spacial score (nSPS) is 24.7. The highest BCUT2D eigenvalue weighted by Gasteiger charge is 2.33. The topological polar surface area (TPSA) is 76.8 Å². The van der Waals surface area contributed by atoms with Crippen molar-refractivity contribution in [2.24, 2.45) is 0 Å². The van der Waals surface area contributed by atoms with Crippen molar-refractivity contribution in [2.75, 3.05) is 49.8 Å². The molecule has 0 radical (unpaired) electrons. The number of rotatable bonds is 4. The molecule has 2 fully saturated rings. The van der Waals surface area contributed by atoms with Crippen LogP contribution in [0.1, 0.15) is 29.1 Å². The molecule has 5 rings (SSSR count). The van der Waals surface area contributed by atoms with Crippen LogP contribution in [0.15, 0.2) is 0 Å². The van der Waals surface area contributed by atoms with Crippen molar-refractivity contribution in [1.29, 1.82) is 0 Å². The third kappa shape index (κ3) is 3.42. The van der Waals surface area contributed by atoms with Gasteiger partial charge in [0.1, 0.15) is 30.3 Å². The highest BCUT2D eigenvalue weighted by atomic mass is 32.2. The lowest BCUT2D eigenvalue weighted by Crippen LogP contribution is -3.12. The van der Waals surface area contributed by atoms with Gasteiger partial charge in [-0.05, 0) is 31.2 Å². The van der Waals surface area contributed by atoms with Gasteiger partial charge in [0.25, 0.3) is 0 Å². The maximum atomic E-state index is 12.0. The van der Waals surface area contributed by atoms with Crippen LogP contribution in [0.25, 0.3) is 10.2 Å². The predicted molar refractivity (Wildman–Crippen MR) is 110 cm³/mol. The molecule has 0 saturated carbocycles. The number of quaternary nitrogens is 1. The third-order valence-corrected chi connectivity index (χ3v) is 9.23. The molecule has 2 aromatic heterocycles. The molecule has 28 heavy (non-hydrogen) atoms. The third-order valence-electron chi connectivity index (χ3n) is 6.29. The van der Waals surface area contributed by atoms with E-state index in [1.165, 1.54) is 27.1 Å². The Hall–Kier alpha value is -1.29. The van der Waals surface area contributed by atoms with Gasteiger partial charge in [-0.2, -0.15) is 0 Å². The van der Waals surface area contributed by atoms with E-state index in [1.54, 1.807) is 11.3 Å². The van der Waals surface area contributed by atoms with Gasteiger partial charge in [0.05, 0.1) is 30.1 Å². The molecule has 0 spiro atoms. The summed E-state index contributed by atoms with van der Waals surface area (Å²) >= 11 is 1.81. The number of hydrogen-bond acceptors (Lipinski definition) is 7. The van der Waals surface area contributed by atoms with Crippen LogP contribution in [0.2, 0.25) is 0 Å². The van der Waals surface area contributed by atoms with Gasteiger partial charge >= 0.3 is 0 Å². The first kappa shape index (κ1) is 18.7. The molecule has 4 heterocycles. The van der Waals surface area contributed by atoms with Crippen molar-refractivity contribution in [1.82, 2.24) is 9.97 Å². The van der Waals surface area contributed by atoms with Crippen LogP contribution in [-0.2, 0) is 34.0 Å². The largest absolute Gasteiger partial charge is 0.370 e. The Kier molecular flexibility index (Phi) is 4.81. The molecule has 1 aliphatic carbocycles. The van der Waals surface area contributed by atoms with Gasteiger partial charge < -0.3 is 14.5 Å². The Balaban J connectivity index is 1.54. The molecule has 2 aliphatic heterocycles. The van der Waals surface area contributed by atoms with Crippen molar-refractivity contribution in [3.8, 4) is 0 Å². The second-order valence-electron chi connectivity index (χ2n) is 8.21. The van der Waals surface area contributed by atoms with Crippen LogP contribution in [0.3, 0.4) is 0 Å². The molecule has 9 heteroatoms. The molecule has 1 N–H and O–H groups in total. The number of sulfone groups is 1. The summed E-state index contributed by atoms with van der Waals surface area (Å²) in [5, 5.41) is 1.17. The Bertz CT molecular complexity index is 998. The lowest BCUT2D eigenvalue weighted by atomic mass is 10.1. The first-order chi connectivity index (χ1) is 13.5. The summed E-state index contributed by atoms with van der Waals surface area (Å²) in [5.41, 5.74) is 1.40. The summed E-state index contributed by atoms with van der Waals surface area (Å²) in [4.78, 5) is 16.0. The number of ether oxygens (including phenoxy) is 1. The minimum atomic E-state index is -2.93. The highest BCUT2D eigenvalue weighted by molar-refractivity contribution is 7.91. The van der Waals surface area contributed by atoms with Crippen LogP contribution >= 0.6 is 11.3 Å². The molecule has 3 aliphatic rings. The first-order valence-electron chi connectivity index (χ1n) is 10.2. The van der Waals surface area contributed by atoms with Crippen molar-refractivity contribution < 1.29 is 18.1 Å². The molecule has 2 saturated heterocycles. The summed E-state index contributed by atoms with van der Waals surface area (Å²) in [6.07, 6.45) is 4.08. The van der Waals surface area contributed by atoms with Gasteiger partial charge in [-0.15, -0.1) is 11.3 Å². The number of morpholine rings is 1. The average Bonchev–Trinajstić information content (AvgIpc) is 3.35. The summed E-state index contributed by atoms with van der Waals surface area (Å²) in [7, 11) is -0.922. The maximum absolute atomic E-state index is 12.0. The van der Waals surface area contributed by atoms with E-state index in [9.17, 15) is 8.42 Å². The van der Waals surface area contributed by atoms with Gasteiger partial charge in [-0.25, -0.2) is 18.4 Å². The van der Waals surface area contributed by atoms with Crippen LogP contribution < -0.4 is 9.80 Å². The van der Waals surface area contributed by atoms with Crippen molar-refractivity contribution in [3.05, 3.63) is 16.3 Å². The van der Waals surface area contributed by atoms with Gasteiger partial charge in [0.15, 0.2) is 15.7 Å². The molecule has 0 bridgehead atoms. The number of thiophene rings is 1. The number of fused-ring (bicyclic) bond motifs is 3. The SMILES string of the molecule is CN(c1nc(C[NH+]2CCOCC2)nc2sc3c(c12)CCC3)[C@@H]1CCS(=O)(=O)C1. The van der Waals surface area contributed by atoms with E-state index in [-0.39, 0.29) is 17.5 Å². The molecular formula is C19H27N4O3S2+. The monoisotopic (exact) mass is 423 g/mol. The number of hydrogen-bond donors (Lipinski definition) is 1. The Morgan fingerprint density at radius 1 is 1.25 bits per heavy atom. The van der Waals surface area contributed by atoms with Gasteiger partial charge in [-0.1, -0.05) is 0 Å². The standard InChI is InChI=1S/C19H26N4O3S2/c1-22(13-5-10-28(24,25)12-13)18-17-14-3-2-4-15(14)27-19(17)21-16(20-18)11-23-6-8-26-9-7-23/h13H,2-12H2,1H3/p+1/t13-/m1/s1. The fourth-order valence-electron chi connectivity index (χ4n) is 4.67. The second-order valence-corrected chi connectivity index (χ2v) is 11.5. The van der Waals surface area contributed by atoms with E-state index in [0.29, 0.717) is 6.42 Å². The number of nitrogens with one attached hydrogen (secondary N) is 1. The summed E-state index contributed by atoms with van der Waals surface area (Å²) in [6, 6.07) is 0.00337. The molecular weight excluding hydrogens is 396 g/mol. The molecule has 0 unspecified atom stereocenters. The van der Waals surface area contributed by atoms with E-state index < -0.39 is 9.84 Å². The zero-order valence-corrected chi connectivity index (χ0v) is 17.9. The Morgan fingerprint density at radius 3 is 2.82 bits per heavy atom. The predicted octanol–water partition coefficient (Wildman–Crippen LogP) is 0.218. The van der Waals surface area contributed by atoms with E-state index in [1.807, 2.05) is 7.05 Å². The van der Waals surface area contributed by atoms with Gasteiger partial charge in [-0.3, -0.25) is 0 Å². The molecule has 1 atom stereocenters. The average molecular weight is 424 g/mol. The van der Waals surface area contributed by atoms with Crippen molar-refractivity contribution in [3.63, 3.8) is 0 Å². The second kappa shape index (κ2) is 7.19.